The number of rotatable bonds is 13. The second-order valence-corrected chi connectivity index (χ2v) is 20.1. The van der Waals surface area contributed by atoms with E-state index in [9.17, 15) is 13.2 Å². The van der Waals surface area contributed by atoms with Gasteiger partial charge in [0.15, 0.2) is 0 Å². The molecule has 2 unspecified atom stereocenters. The number of benzene rings is 2. The number of ether oxygens (including phenoxy) is 2. The largest absolute Gasteiger partial charge is 0.376 e. The van der Waals surface area contributed by atoms with Gasteiger partial charge in [-0.15, -0.1) is 0 Å². The topological polar surface area (TPSA) is 76.2 Å². The summed E-state index contributed by atoms with van der Waals surface area (Å²) in [6.45, 7) is 8.01. The molecule has 1 amide bonds. The first kappa shape index (κ1) is 30.9. The standard InChI is InChI=1S/C31H46N2O5SSi/c1-39(35,36)33(24-37-19-20-40(2,3)4)29-21-31(34)32(22-25-11-7-5-8-12-25)30(29)23-38-28-17-15-27(16-18-28)26-13-9-6-10-14-26/h5-14,27-30H,15-24H2,1-4H3/t27-,28+,29?,30?. The van der Waals surface area contributed by atoms with Crippen molar-refractivity contribution in [3.63, 3.8) is 0 Å². The van der Waals surface area contributed by atoms with E-state index in [4.69, 9.17) is 9.47 Å². The first-order valence-corrected chi connectivity index (χ1v) is 20.1. The number of hydrogen-bond donors (Lipinski definition) is 0. The van der Waals surface area contributed by atoms with E-state index >= 15 is 0 Å². The van der Waals surface area contributed by atoms with Crippen molar-refractivity contribution in [2.75, 3.05) is 26.2 Å². The highest BCUT2D eigenvalue weighted by Gasteiger charge is 2.46. The quantitative estimate of drug-likeness (QED) is 0.177. The minimum absolute atomic E-state index is 0.0425. The number of hydrogen-bond acceptors (Lipinski definition) is 5. The molecular formula is C31H46N2O5SSi. The number of carbonyl (C=O) groups excluding carboxylic acids is 1. The predicted molar refractivity (Wildman–Crippen MR) is 162 cm³/mol. The van der Waals surface area contributed by atoms with E-state index in [0.717, 1.165) is 37.3 Å². The summed E-state index contributed by atoms with van der Waals surface area (Å²) in [5.74, 6) is 0.497. The summed E-state index contributed by atoms with van der Waals surface area (Å²) in [5, 5.41) is 0. The average molecular weight is 587 g/mol. The van der Waals surface area contributed by atoms with Gasteiger partial charge in [-0.25, -0.2) is 8.42 Å². The lowest BCUT2D eigenvalue weighted by atomic mass is 9.83. The lowest BCUT2D eigenvalue weighted by molar-refractivity contribution is -0.130. The summed E-state index contributed by atoms with van der Waals surface area (Å²) >= 11 is 0. The van der Waals surface area contributed by atoms with Crippen LogP contribution in [0.15, 0.2) is 60.7 Å². The van der Waals surface area contributed by atoms with Gasteiger partial charge in [0.1, 0.15) is 6.73 Å². The Kier molecular flexibility index (Phi) is 10.6. The molecule has 1 aliphatic carbocycles. The van der Waals surface area contributed by atoms with E-state index in [1.54, 1.807) is 0 Å². The Morgan fingerprint density at radius 3 is 2.17 bits per heavy atom. The Morgan fingerprint density at radius 1 is 0.950 bits per heavy atom. The highest BCUT2D eigenvalue weighted by atomic mass is 32.2. The van der Waals surface area contributed by atoms with Gasteiger partial charge in [-0.3, -0.25) is 4.79 Å². The number of likely N-dealkylation sites (tertiary alicyclic amines) is 1. The number of amides is 1. The van der Waals surface area contributed by atoms with Crippen LogP contribution in [0.25, 0.3) is 0 Å². The molecular weight excluding hydrogens is 541 g/mol. The Bertz CT molecular complexity index is 1180. The minimum Gasteiger partial charge on any atom is -0.376 e. The van der Waals surface area contributed by atoms with Gasteiger partial charge < -0.3 is 14.4 Å². The highest BCUT2D eigenvalue weighted by Crippen LogP contribution is 2.35. The Balaban J connectivity index is 1.46. The number of carbonyl (C=O) groups is 1. The van der Waals surface area contributed by atoms with Gasteiger partial charge in [0, 0.05) is 27.6 Å². The molecule has 0 N–H and O–H groups in total. The highest BCUT2D eigenvalue weighted by molar-refractivity contribution is 7.88. The first-order chi connectivity index (χ1) is 19.0. The molecule has 2 aromatic carbocycles. The van der Waals surface area contributed by atoms with Crippen LogP contribution in [-0.4, -0.2) is 76.0 Å². The zero-order chi connectivity index (χ0) is 28.8. The van der Waals surface area contributed by atoms with Gasteiger partial charge in [-0.1, -0.05) is 80.3 Å². The Hall–Kier alpha value is -2.04. The fourth-order valence-electron chi connectivity index (χ4n) is 5.80. The maximum absolute atomic E-state index is 13.4. The molecule has 2 aromatic rings. The smallest absolute Gasteiger partial charge is 0.224 e. The summed E-state index contributed by atoms with van der Waals surface area (Å²) in [7, 11) is -4.93. The lowest BCUT2D eigenvalue weighted by Crippen LogP contribution is -2.50. The first-order valence-electron chi connectivity index (χ1n) is 14.6. The average Bonchev–Trinajstić information content (AvgIpc) is 3.21. The van der Waals surface area contributed by atoms with Crippen molar-refractivity contribution in [3.05, 3.63) is 71.8 Å². The normalized spacial score (nSPS) is 24.1. The molecule has 40 heavy (non-hydrogen) atoms. The molecule has 2 aliphatic rings. The maximum Gasteiger partial charge on any atom is 0.224 e. The van der Waals surface area contributed by atoms with Crippen LogP contribution in [0.2, 0.25) is 25.7 Å². The molecule has 0 aromatic heterocycles. The van der Waals surface area contributed by atoms with E-state index in [1.165, 1.54) is 16.1 Å². The molecule has 1 saturated heterocycles. The van der Waals surface area contributed by atoms with Crippen molar-refractivity contribution in [1.29, 1.82) is 0 Å². The summed E-state index contributed by atoms with van der Waals surface area (Å²) < 4.78 is 39.8. The fraction of sp³-hybridized carbons (Fsp3) is 0.581. The van der Waals surface area contributed by atoms with Crippen LogP contribution < -0.4 is 0 Å². The molecule has 2 fully saturated rings. The molecule has 4 rings (SSSR count). The maximum atomic E-state index is 13.4. The molecule has 0 bridgehead atoms. The molecule has 0 spiro atoms. The van der Waals surface area contributed by atoms with Crippen molar-refractivity contribution in [2.45, 2.75) is 88.4 Å². The van der Waals surface area contributed by atoms with E-state index in [-0.39, 0.29) is 31.2 Å². The van der Waals surface area contributed by atoms with Crippen LogP contribution in [0.3, 0.4) is 0 Å². The summed E-state index contributed by atoms with van der Waals surface area (Å²) in [4.78, 5) is 15.2. The molecule has 220 valence electrons. The van der Waals surface area contributed by atoms with Crippen molar-refractivity contribution in [2.24, 2.45) is 0 Å². The van der Waals surface area contributed by atoms with Crippen molar-refractivity contribution in [3.8, 4) is 0 Å². The zero-order valence-electron chi connectivity index (χ0n) is 24.5. The number of nitrogens with zero attached hydrogens (tertiary/aromatic N) is 2. The Labute approximate surface area is 241 Å². The van der Waals surface area contributed by atoms with Gasteiger partial charge in [-0.05, 0) is 48.8 Å². The second-order valence-electron chi connectivity index (χ2n) is 12.6. The van der Waals surface area contributed by atoms with Crippen LogP contribution >= 0.6 is 0 Å². The van der Waals surface area contributed by atoms with Gasteiger partial charge in [-0.2, -0.15) is 4.31 Å². The third-order valence-corrected chi connectivity index (χ3v) is 11.1. The van der Waals surface area contributed by atoms with Gasteiger partial charge in [0.2, 0.25) is 15.9 Å². The van der Waals surface area contributed by atoms with Crippen LogP contribution in [-0.2, 0) is 30.8 Å². The number of sulfonamides is 1. The van der Waals surface area contributed by atoms with Crippen LogP contribution in [0, 0.1) is 0 Å². The van der Waals surface area contributed by atoms with Gasteiger partial charge >= 0.3 is 0 Å². The van der Waals surface area contributed by atoms with Gasteiger partial charge in [0.05, 0.1) is 31.1 Å². The third kappa shape index (κ3) is 8.73. The van der Waals surface area contributed by atoms with Crippen molar-refractivity contribution in [1.82, 2.24) is 9.21 Å². The minimum atomic E-state index is -3.61. The van der Waals surface area contributed by atoms with E-state index < -0.39 is 24.1 Å². The van der Waals surface area contributed by atoms with Crippen molar-refractivity contribution < 1.29 is 22.7 Å². The van der Waals surface area contributed by atoms with E-state index in [1.807, 2.05) is 35.2 Å². The summed E-state index contributed by atoms with van der Waals surface area (Å²) in [6.07, 6.45) is 5.49. The van der Waals surface area contributed by atoms with E-state index in [2.05, 4.69) is 50.0 Å². The molecule has 1 aliphatic heterocycles. The van der Waals surface area contributed by atoms with Gasteiger partial charge in [0.25, 0.3) is 0 Å². The third-order valence-electron chi connectivity index (χ3n) is 8.20. The molecule has 1 heterocycles. The zero-order valence-corrected chi connectivity index (χ0v) is 26.3. The van der Waals surface area contributed by atoms with Crippen LogP contribution in [0.4, 0.5) is 0 Å². The summed E-state index contributed by atoms with van der Waals surface area (Å²) in [5.41, 5.74) is 2.40. The predicted octanol–water partition coefficient (Wildman–Crippen LogP) is 5.47. The molecule has 1 saturated carbocycles. The monoisotopic (exact) mass is 586 g/mol. The van der Waals surface area contributed by atoms with E-state index in [0.29, 0.717) is 25.7 Å². The Morgan fingerprint density at radius 2 is 1.57 bits per heavy atom. The summed E-state index contributed by atoms with van der Waals surface area (Å²) in [6, 6.07) is 20.6. The molecule has 7 nitrogen and oxygen atoms in total. The fourth-order valence-corrected chi connectivity index (χ4v) is 7.53. The van der Waals surface area contributed by atoms with Crippen LogP contribution in [0.5, 0.6) is 0 Å². The molecule has 2 atom stereocenters. The van der Waals surface area contributed by atoms with Crippen LogP contribution in [0.1, 0.15) is 49.1 Å². The second kappa shape index (κ2) is 13.7. The SMILES string of the molecule is C[Si](C)(C)CCOCN(C1CC(=O)N(Cc2ccccc2)C1CO[C@H]1CC[C@@H](c2ccccc2)CC1)S(C)(=O)=O. The molecule has 9 heteroatoms. The lowest BCUT2D eigenvalue weighted by Gasteiger charge is -2.35. The van der Waals surface area contributed by atoms with Crippen molar-refractivity contribution >= 4 is 24.0 Å². The molecule has 0 radical (unpaired) electrons.